The van der Waals surface area contributed by atoms with Gasteiger partial charge >= 0.3 is 0 Å². The zero-order valence-corrected chi connectivity index (χ0v) is 13.8. The number of methoxy groups -OCH3 is 2. The Morgan fingerprint density at radius 1 is 1.12 bits per heavy atom. The minimum Gasteiger partial charge on any atom is -0.493 e. The van der Waals surface area contributed by atoms with Gasteiger partial charge in [0.2, 0.25) is 0 Å². The van der Waals surface area contributed by atoms with Crippen LogP contribution in [0.5, 0.6) is 11.5 Å². The zero-order chi connectivity index (χ0) is 16.8. The summed E-state index contributed by atoms with van der Waals surface area (Å²) in [5, 5.41) is 0.0989. The minimum atomic E-state index is -0.449. The molecule has 0 radical (unpaired) electrons. The van der Waals surface area contributed by atoms with Crippen LogP contribution in [-0.4, -0.2) is 31.3 Å². The van der Waals surface area contributed by atoms with Gasteiger partial charge in [-0.3, -0.25) is 0 Å². The van der Waals surface area contributed by atoms with E-state index in [0.29, 0.717) is 29.3 Å². The van der Waals surface area contributed by atoms with Gasteiger partial charge < -0.3 is 14.4 Å². The Labute approximate surface area is 143 Å². The van der Waals surface area contributed by atoms with E-state index in [1.165, 1.54) is 6.07 Å². The number of aliphatic imine (C=N–C) groups is 2. The second kappa shape index (κ2) is 5.49. The molecule has 24 heavy (non-hydrogen) atoms. The first-order valence-electron chi connectivity index (χ1n) is 7.25. The largest absolute Gasteiger partial charge is 0.493 e. The molecule has 0 amide bonds. The Kier molecular flexibility index (Phi) is 3.42. The lowest BCUT2D eigenvalue weighted by Gasteiger charge is -2.31. The van der Waals surface area contributed by atoms with Crippen LogP contribution in [0.3, 0.4) is 0 Å². The lowest BCUT2D eigenvalue weighted by atomic mass is 10.0. The standard InChI is InChI=1S/C17H13ClFN3O2/c1-23-14-5-9-13(6-15(14)24-2)20-8-22-7-10-12(21-17(9)22)4-3-11(19)16(10)18/h3-6,8H,7H2,1-2H3. The third kappa shape index (κ3) is 2.14. The lowest BCUT2D eigenvalue weighted by Crippen LogP contribution is -2.34. The first kappa shape index (κ1) is 15.0. The van der Waals surface area contributed by atoms with Crippen molar-refractivity contribution in [2.45, 2.75) is 6.54 Å². The fourth-order valence-electron chi connectivity index (χ4n) is 2.86. The Bertz CT molecular complexity index is 911. The second-order valence-electron chi connectivity index (χ2n) is 5.39. The Hall–Kier alpha value is -2.60. The maximum Gasteiger partial charge on any atom is 0.162 e. The van der Waals surface area contributed by atoms with Gasteiger partial charge in [-0.15, -0.1) is 0 Å². The molecule has 2 aromatic rings. The van der Waals surface area contributed by atoms with Crippen LogP contribution in [0, 0.1) is 5.82 Å². The number of fused-ring (bicyclic) bond motifs is 4. The molecule has 4 rings (SSSR count). The van der Waals surface area contributed by atoms with Gasteiger partial charge in [0.15, 0.2) is 11.5 Å². The van der Waals surface area contributed by atoms with E-state index in [1.807, 2.05) is 11.0 Å². The highest BCUT2D eigenvalue weighted by molar-refractivity contribution is 6.32. The van der Waals surface area contributed by atoms with Gasteiger partial charge in [0.05, 0.1) is 43.5 Å². The number of halogens is 2. The van der Waals surface area contributed by atoms with Crippen LogP contribution in [0.15, 0.2) is 34.3 Å². The molecular weight excluding hydrogens is 333 g/mol. The Balaban J connectivity index is 1.90. The molecule has 7 heteroatoms. The zero-order valence-electron chi connectivity index (χ0n) is 13.0. The van der Waals surface area contributed by atoms with Crippen molar-refractivity contribution in [3.05, 3.63) is 46.2 Å². The number of benzene rings is 2. The summed E-state index contributed by atoms with van der Waals surface area (Å²) >= 11 is 6.08. The van der Waals surface area contributed by atoms with Crippen molar-refractivity contribution < 1.29 is 13.9 Å². The predicted molar refractivity (Wildman–Crippen MR) is 90.8 cm³/mol. The normalized spacial score (nSPS) is 14.5. The van der Waals surface area contributed by atoms with E-state index >= 15 is 0 Å². The summed E-state index contributed by atoms with van der Waals surface area (Å²) in [6, 6.07) is 6.60. The van der Waals surface area contributed by atoms with Gasteiger partial charge in [0, 0.05) is 17.2 Å². The Morgan fingerprint density at radius 3 is 2.62 bits per heavy atom. The van der Waals surface area contributed by atoms with Crippen molar-refractivity contribution in [3.63, 3.8) is 0 Å². The predicted octanol–water partition coefficient (Wildman–Crippen LogP) is 4.06. The maximum absolute atomic E-state index is 13.7. The van der Waals surface area contributed by atoms with E-state index in [2.05, 4.69) is 9.98 Å². The summed E-state index contributed by atoms with van der Waals surface area (Å²) in [7, 11) is 3.16. The number of rotatable bonds is 2. The summed E-state index contributed by atoms with van der Waals surface area (Å²) in [6.45, 7) is 0.405. The molecule has 0 aliphatic carbocycles. The quantitative estimate of drug-likeness (QED) is 0.824. The molecule has 2 aliphatic heterocycles. The van der Waals surface area contributed by atoms with E-state index in [1.54, 1.807) is 32.7 Å². The van der Waals surface area contributed by atoms with Gasteiger partial charge in [-0.1, -0.05) is 11.6 Å². The first-order valence-corrected chi connectivity index (χ1v) is 7.63. The van der Waals surface area contributed by atoms with Crippen LogP contribution < -0.4 is 9.47 Å². The van der Waals surface area contributed by atoms with E-state index in [4.69, 9.17) is 21.1 Å². The van der Waals surface area contributed by atoms with Crippen LogP contribution in [0.1, 0.15) is 11.1 Å². The second-order valence-corrected chi connectivity index (χ2v) is 5.77. The number of amidine groups is 1. The number of hydrogen-bond acceptors (Lipinski definition) is 5. The number of hydrogen-bond donors (Lipinski definition) is 0. The van der Waals surface area contributed by atoms with Crippen LogP contribution >= 0.6 is 11.6 Å². The van der Waals surface area contributed by atoms with Crippen molar-refractivity contribution in [3.8, 4) is 11.5 Å². The van der Waals surface area contributed by atoms with Crippen LogP contribution in [0.2, 0.25) is 5.02 Å². The number of nitrogens with zero attached hydrogens (tertiary/aromatic N) is 3. The molecule has 0 bridgehead atoms. The van der Waals surface area contributed by atoms with E-state index in [9.17, 15) is 4.39 Å². The van der Waals surface area contributed by atoms with Crippen molar-refractivity contribution in [1.82, 2.24) is 4.90 Å². The summed E-state index contributed by atoms with van der Waals surface area (Å²) < 4.78 is 24.4. The molecule has 0 saturated heterocycles. The third-order valence-corrected chi connectivity index (χ3v) is 4.49. The van der Waals surface area contributed by atoms with Crippen molar-refractivity contribution in [1.29, 1.82) is 0 Å². The van der Waals surface area contributed by atoms with E-state index in [-0.39, 0.29) is 5.02 Å². The summed E-state index contributed by atoms with van der Waals surface area (Å²) in [5.41, 5.74) is 2.86. The van der Waals surface area contributed by atoms with Gasteiger partial charge in [0.25, 0.3) is 0 Å². The smallest absolute Gasteiger partial charge is 0.162 e. The van der Waals surface area contributed by atoms with Gasteiger partial charge in [0.1, 0.15) is 11.7 Å². The molecule has 0 aromatic heterocycles. The summed E-state index contributed by atoms with van der Waals surface area (Å²) in [6.07, 6.45) is 1.66. The van der Waals surface area contributed by atoms with Gasteiger partial charge in [-0.2, -0.15) is 0 Å². The molecular formula is C17H13ClFN3O2. The minimum absolute atomic E-state index is 0.0989. The molecule has 0 saturated carbocycles. The first-order chi connectivity index (χ1) is 11.6. The lowest BCUT2D eigenvalue weighted by molar-refractivity contribution is 0.355. The molecule has 0 fully saturated rings. The van der Waals surface area contributed by atoms with Gasteiger partial charge in [-0.05, 0) is 18.2 Å². The average Bonchev–Trinajstić information content (AvgIpc) is 2.62. The maximum atomic E-state index is 13.7. The van der Waals surface area contributed by atoms with Gasteiger partial charge in [-0.25, -0.2) is 14.4 Å². The van der Waals surface area contributed by atoms with Crippen LogP contribution in [0.25, 0.3) is 0 Å². The summed E-state index contributed by atoms with van der Waals surface area (Å²) in [4.78, 5) is 10.9. The fourth-order valence-corrected chi connectivity index (χ4v) is 3.08. The molecule has 122 valence electrons. The highest BCUT2D eigenvalue weighted by atomic mass is 35.5. The molecule has 5 nitrogen and oxygen atoms in total. The molecule has 2 aromatic carbocycles. The molecule has 0 N–H and O–H groups in total. The van der Waals surface area contributed by atoms with E-state index < -0.39 is 5.82 Å². The molecule has 2 heterocycles. The van der Waals surface area contributed by atoms with Crippen molar-refractivity contribution in [2.24, 2.45) is 9.98 Å². The third-order valence-electron chi connectivity index (χ3n) is 4.08. The average molecular weight is 346 g/mol. The van der Waals surface area contributed by atoms with E-state index in [0.717, 1.165) is 17.1 Å². The molecule has 0 atom stereocenters. The monoisotopic (exact) mass is 345 g/mol. The molecule has 0 spiro atoms. The van der Waals surface area contributed by atoms with Crippen molar-refractivity contribution in [2.75, 3.05) is 14.2 Å². The fraction of sp³-hybridized carbons (Fsp3) is 0.176. The van der Waals surface area contributed by atoms with Crippen molar-refractivity contribution >= 4 is 35.1 Å². The topological polar surface area (TPSA) is 46.4 Å². The highest BCUT2D eigenvalue weighted by Gasteiger charge is 2.28. The SMILES string of the molecule is COc1cc2c(cc1OC)C1=Nc3ccc(F)c(Cl)c3CN1C=N2. The highest BCUT2D eigenvalue weighted by Crippen LogP contribution is 2.41. The van der Waals surface area contributed by atoms with Crippen LogP contribution in [0.4, 0.5) is 15.8 Å². The molecule has 0 unspecified atom stereocenters. The van der Waals surface area contributed by atoms with Crippen LogP contribution in [-0.2, 0) is 6.54 Å². The summed E-state index contributed by atoms with van der Waals surface area (Å²) in [5.74, 6) is 1.47. The number of ether oxygens (including phenoxy) is 2. The molecule has 2 aliphatic rings. The Morgan fingerprint density at radius 2 is 1.88 bits per heavy atom.